The van der Waals surface area contributed by atoms with Crippen molar-refractivity contribution >= 4 is 17.4 Å². The summed E-state index contributed by atoms with van der Waals surface area (Å²) in [5, 5.41) is 13.2. The molecule has 1 heterocycles. The third-order valence-electron chi connectivity index (χ3n) is 3.20. The van der Waals surface area contributed by atoms with Crippen molar-refractivity contribution in [2.45, 2.75) is 25.9 Å². The lowest BCUT2D eigenvalue weighted by molar-refractivity contribution is -0.137. The number of unbranched alkanes of at least 4 members (excludes halogenated alkanes) is 1. The van der Waals surface area contributed by atoms with Gasteiger partial charge in [-0.2, -0.15) is 13.2 Å². The Labute approximate surface area is 137 Å². The van der Waals surface area contributed by atoms with Crippen molar-refractivity contribution in [3.8, 4) is 0 Å². The van der Waals surface area contributed by atoms with Gasteiger partial charge in [-0.3, -0.25) is 4.79 Å². The fourth-order valence-corrected chi connectivity index (χ4v) is 1.88. The molecule has 0 aliphatic heterocycles. The molecule has 2 N–H and O–H groups in total. The van der Waals surface area contributed by atoms with Crippen LogP contribution in [0.4, 0.5) is 24.7 Å². The maximum Gasteiger partial charge on any atom is 0.416 e. The van der Waals surface area contributed by atoms with Crippen LogP contribution in [-0.4, -0.2) is 22.6 Å². The Balaban J connectivity index is 1.96. The highest BCUT2D eigenvalue weighted by molar-refractivity contribution is 6.02. The van der Waals surface area contributed by atoms with Crippen LogP contribution in [0.1, 0.15) is 35.8 Å². The van der Waals surface area contributed by atoms with Gasteiger partial charge in [0.25, 0.3) is 5.91 Å². The van der Waals surface area contributed by atoms with Crippen molar-refractivity contribution in [1.29, 1.82) is 0 Å². The van der Waals surface area contributed by atoms with Crippen molar-refractivity contribution in [3.63, 3.8) is 0 Å². The number of benzene rings is 1. The predicted octanol–water partition coefficient (Wildman–Crippen LogP) is 3.96. The smallest absolute Gasteiger partial charge is 0.369 e. The summed E-state index contributed by atoms with van der Waals surface area (Å²) in [7, 11) is 0. The number of amides is 1. The molecule has 0 fully saturated rings. The van der Waals surface area contributed by atoms with E-state index in [1.54, 1.807) is 6.07 Å². The molecule has 0 saturated heterocycles. The number of hydrogen-bond donors (Lipinski definition) is 2. The third kappa shape index (κ3) is 4.94. The van der Waals surface area contributed by atoms with Crippen LogP contribution in [0.3, 0.4) is 0 Å². The first-order chi connectivity index (χ1) is 11.4. The summed E-state index contributed by atoms with van der Waals surface area (Å²) in [5.41, 5.74) is -0.446. The number of aromatic nitrogens is 2. The first-order valence-electron chi connectivity index (χ1n) is 7.46. The summed E-state index contributed by atoms with van der Waals surface area (Å²) in [4.78, 5) is 12.0. The zero-order valence-corrected chi connectivity index (χ0v) is 13.0. The molecule has 2 aromatic rings. The van der Waals surface area contributed by atoms with Crippen LogP contribution in [-0.2, 0) is 6.18 Å². The fraction of sp³-hybridized carbons (Fsp3) is 0.312. The van der Waals surface area contributed by atoms with Gasteiger partial charge in [0, 0.05) is 12.2 Å². The minimum Gasteiger partial charge on any atom is -0.369 e. The Morgan fingerprint density at radius 1 is 1.08 bits per heavy atom. The van der Waals surface area contributed by atoms with Crippen molar-refractivity contribution in [2.75, 3.05) is 17.2 Å². The quantitative estimate of drug-likeness (QED) is 0.783. The number of alkyl halides is 3. The Kier molecular flexibility index (Phi) is 5.73. The van der Waals surface area contributed by atoms with E-state index in [0.29, 0.717) is 5.82 Å². The summed E-state index contributed by atoms with van der Waals surface area (Å²) >= 11 is 0. The predicted molar refractivity (Wildman–Crippen MR) is 84.8 cm³/mol. The van der Waals surface area contributed by atoms with E-state index >= 15 is 0 Å². The van der Waals surface area contributed by atoms with E-state index in [2.05, 4.69) is 27.8 Å². The van der Waals surface area contributed by atoms with Gasteiger partial charge in [0.1, 0.15) is 5.82 Å². The second-order valence-corrected chi connectivity index (χ2v) is 5.11. The van der Waals surface area contributed by atoms with Crippen LogP contribution in [0.25, 0.3) is 0 Å². The molecule has 5 nitrogen and oxygen atoms in total. The minimum absolute atomic E-state index is 0.0796. The fourth-order valence-electron chi connectivity index (χ4n) is 1.88. The molecule has 24 heavy (non-hydrogen) atoms. The number of nitrogens with zero attached hydrogens (tertiary/aromatic N) is 2. The third-order valence-corrected chi connectivity index (χ3v) is 3.20. The number of carbonyl (C=O) groups is 1. The molecule has 8 heteroatoms. The van der Waals surface area contributed by atoms with Gasteiger partial charge in [-0.15, -0.1) is 10.2 Å². The van der Waals surface area contributed by atoms with E-state index in [1.165, 1.54) is 18.2 Å². The molecule has 0 spiro atoms. The highest BCUT2D eigenvalue weighted by Gasteiger charge is 2.30. The van der Waals surface area contributed by atoms with Gasteiger partial charge in [0.05, 0.1) is 5.56 Å². The number of anilines is 2. The van der Waals surface area contributed by atoms with Crippen molar-refractivity contribution in [1.82, 2.24) is 10.2 Å². The van der Waals surface area contributed by atoms with Crippen LogP contribution in [0.2, 0.25) is 0 Å². The van der Waals surface area contributed by atoms with Gasteiger partial charge in [0.2, 0.25) is 0 Å². The summed E-state index contributed by atoms with van der Waals surface area (Å²) in [6, 6.07) is 7.32. The lowest BCUT2D eigenvalue weighted by Crippen LogP contribution is -2.15. The lowest BCUT2D eigenvalue weighted by atomic mass is 10.2. The molecule has 0 saturated carbocycles. The molecule has 2 rings (SSSR count). The number of hydrogen-bond acceptors (Lipinski definition) is 4. The molecule has 0 aliphatic rings. The first-order valence-corrected chi connectivity index (χ1v) is 7.46. The summed E-state index contributed by atoms with van der Waals surface area (Å²) in [5.74, 6) is 0.0249. The monoisotopic (exact) mass is 338 g/mol. The Bertz CT molecular complexity index is 669. The van der Waals surface area contributed by atoms with Gasteiger partial charge < -0.3 is 10.6 Å². The molecule has 1 aromatic carbocycles. The maximum atomic E-state index is 12.5. The second kappa shape index (κ2) is 7.76. The second-order valence-electron chi connectivity index (χ2n) is 5.11. The van der Waals surface area contributed by atoms with Crippen molar-refractivity contribution < 1.29 is 18.0 Å². The van der Waals surface area contributed by atoms with Crippen LogP contribution >= 0.6 is 0 Å². The molecular weight excluding hydrogens is 321 g/mol. The molecular formula is C16H17F3N4O. The van der Waals surface area contributed by atoms with E-state index in [4.69, 9.17) is 0 Å². The molecule has 0 aliphatic carbocycles. The molecule has 1 amide bonds. The van der Waals surface area contributed by atoms with Gasteiger partial charge in [-0.1, -0.05) is 13.3 Å². The van der Waals surface area contributed by atoms with Gasteiger partial charge in [-0.05, 0) is 42.8 Å². The Morgan fingerprint density at radius 3 is 2.33 bits per heavy atom. The van der Waals surface area contributed by atoms with Gasteiger partial charge in [-0.25, -0.2) is 0 Å². The SMILES string of the molecule is CCCCNc1ccc(C(=O)Nc2ccc(C(F)(F)F)cc2)nn1. The van der Waals surface area contributed by atoms with E-state index in [1.807, 2.05) is 0 Å². The van der Waals surface area contributed by atoms with E-state index in [-0.39, 0.29) is 11.4 Å². The lowest BCUT2D eigenvalue weighted by Gasteiger charge is -2.09. The first kappa shape index (κ1) is 17.7. The molecule has 0 radical (unpaired) electrons. The standard InChI is InChI=1S/C16H17F3N4O/c1-2-3-10-20-14-9-8-13(22-23-14)15(24)21-12-6-4-11(5-7-12)16(17,18)19/h4-9H,2-3,10H2,1H3,(H,20,23)(H,21,24). The van der Waals surface area contributed by atoms with Gasteiger partial charge in [0.15, 0.2) is 5.69 Å². The van der Waals surface area contributed by atoms with Crippen molar-refractivity contribution in [3.05, 3.63) is 47.7 Å². The zero-order valence-electron chi connectivity index (χ0n) is 13.0. The van der Waals surface area contributed by atoms with E-state index < -0.39 is 17.6 Å². The average Bonchev–Trinajstić information content (AvgIpc) is 2.55. The topological polar surface area (TPSA) is 66.9 Å². The van der Waals surface area contributed by atoms with Crippen LogP contribution in [0, 0.1) is 0 Å². The molecule has 1 aromatic heterocycles. The van der Waals surface area contributed by atoms with Crippen LogP contribution in [0.15, 0.2) is 36.4 Å². The van der Waals surface area contributed by atoms with Crippen molar-refractivity contribution in [2.24, 2.45) is 0 Å². The Hall–Kier alpha value is -2.64. The van der Waals surface area contributed by atoms with E-state index in [9.17, 15) is 18.0 Å². The van der Waals surface area contributed by atoms with Crippen LogP contribution in [0.5, 0.6) is 0 Å². The summed E-state index contributed by atoms with van der Waals surface area (Å²) in [6.45, 7) is 2.84. The molecule has 0 bridgehead atoms. The Morgan fingerprint density at radius 2 is 1.79 bits per heavy atom. The summed E-state index contributed by atoms with van der Waals surface area (Å²) < 4.78 is 37.5. The normalized spacial score (nSPS) is 11.2. The van der Waals surface area contributed by atoms with E-state index in [0.717, 1.165) is 31.5 Å². The minimum atomic E-state index is -4.41. The number of nitrogens with one attached hydrogen (secondary N) is 2. The average molecular weight is 338 g/mol. The number of halogens is 3. The molecule has 128 valence electrons. The molecule has 0 atom stereocenters. The largest absolute Gasteiger partial charge is 0.416 e. The zero-order chi connectivity index (χ0) is 17.6. The number of carbonyl (C=O) groups excluding carboxylic acids is 1. The van der Waals surface area contributed by atoms with Gasteiger partial charge >= 0.3 is 6.18 Å². The molecule has 0 unspecified atom stereocenters. The highest BCUT2D eigenvalue weighted by atomic mass is 19.4. The number of rotatable bonds is 6. The van der Waals surface area contributed by atoms with Crippen LogP contribution < -0.4 is 10.6 Å². The summed E-state index contributed by atoms with van der Waals surface area (Å²) in [6.07, 6.45) is -2.36. The maximum absolute atomic E-state index is 12.5. The highest BCUT2D eigenvalue weighted by Crippen LogP contribution is 2.29.